The second-order valence-corrected chi connectivity index (χ2v) is 5.99. The Morgan fingerprint density at radius 2 is 2.05 bits per heavy atom. The van der Waals surface area contributed by atoms with E-state index in [0.29, 0.717) is 5.92 Å². The largest absolute Gasteiger partial charge is 0.326 e. The molecule has 0 bridgehead atoms. The summed E-state index contributed by atoms with van der Waals surface area (Å²) in [6.45, 7) is 6.21. The molecule has 0 saturated carbocycles. The van der Waals surface area contributed by atoms with Gasteiger partial charge in [0.2, 0.25) is 5.91 Å². The van der Waals surface area contributed by atoms with Crippen LogP contribution in [0.2, 0.25) is 0 Å². The van der Waals surface area contributed by atoms with E-state index in [2.05, 4.69) is 36.6 Å². The predicted molar refractivity (Wildman–Crippen MR) is 83.8 cm³/mol. The molecular weight excluding hydrogens is 248 g/mol. The normalized spacial score (nSPS) is 22.5. The minimum atomic E-state index is 0.0958. The fraction of sp³-hybridized carbons (Fsp3) is 0.588. The number of rotatable bonds is 5. The number of nitrogens with one attached hydrogen (secondary N) is 2. The molecule has 110 valence electrons. The number of anilines is 1. The van der Waals surface area contributed by atoms with Crippen LogP contribution < -0.4 is 10.6 Å². The average Bonchev–Trinajstić information content (AvgIpc) is 2.46. The molecule has 2 unspecified atom stereocenters. The zero-order valence-electron chi connectivity index (χ0n) is 12.6. The number of carbonyl (C=O) groups excluding carboxylic acids is 1. The van der Waals surface area contributed by atoms with Crippen LogP contribution in [0.1, 0.15) is 38.7 Å². The molecule has 2 atom stereocenters. The summed E-state index contributed by atoms with van der Waals surface area (Å²) in [6, 6.07) is 8.27. The topological polar surface area (TPSA) is 41.1 Å². The highest BCUT2D eigenvalue weighted by Crippen LogP contribution is 2.18. The summed E-state index contributed by atoms with van der Waals surface area (Å²) in [5.41, 5.74) is 2.26. The summed E-state index contributed by atoms with van der Waals surface area (Å²) in [4.78, 5) is 12.2. The molecule has 3 nitrogen and oxygen atoms in total. The highest BCUT2D eigenvalue weighted by atomic mass is 16.1. The van der Waals surface area contributed by atoms with Gasteiger partial charge in [-0.1, -0.05) is 32.4 Å². The van der Waals surface area contributed by atoms with Crippen LogP contribution in [0.4, 0.5) is 5.69 Å². The maximum atomic E-state index is 12.2. The Kier molecular flexibility index (Phi) is 5.60. The van der Waals surface area contributed by atoms with E-state index in [1.165, 1.54) is 18.4 Å². The van der Waals surface area contributed by atoms with Gasteiger partial charge in [-0.15, -0.1) is 0 Å². The molecule has 0 aliphatic carbocycles. The molecule has 2 rings (SSSR count). The second-order valence-electron chi connectivity index (χ2n) is 5.99. The molecule has 1 heterocycles. The first kappa shape index (κ1) is 15.0. The van der Waals surface area contributed by atoms with E-state index < -0.39 is 0 Å². The Morgan fingerprint density at radius 1 is 1.30 bits per heavy atom. The number of piperidine rings is 1. The molecule has 1 aromatic carbocycles. The van der Waals surface area contributed by atoms with Gasteiger partial charge >= 0.3 is 0 Å². The molecule has 3 heteroatoms. The van der Waals surface area contributed by atoms with Crippen molar-refractivity contribution in [1.82, 2.24) is 5.32 Å². The standard InChI is InChI=1S/C17H26N2O/c1-3-4-5-14-6-8-16(9-7-14)19-17(20)15-10-13(2)11-18-12-15/h6-9,13,15,18H,3-5,10-12H2,1-2H3,(H,19,20). The predicted octanol–water partition coefficient (Wildman–Crippen LogP) is 3.21. The first-order valence-electron chi connectivity index (χ1n) is 7.79. The Labute approximate surface area is 122 Å². The second kappa shape index (κ2) is 7.44. The molecular formula is C17H26N2O. The molecule has 1 aliphatic rings. The summed E-state index contributed by atoms with van der Waals surface area (Å²) in [6.07, 6.45) is 4.53. The van der Waals surface area contributed by atoms with E-state index in [4.69, 9.17) is 0 Å². The van der Waals surface area contributed by atoms with Gasteiger partial charge in [-0.05, 0) is 49.4 Å². The maximum absolute atomic E-state index is 12.2. The number of unbranched alkanes of at least 4 members (excludes halogenated alkanes) is 1. The molecule has 20 heavy (non-hydrogen) atoms. The van der Waals surface area contributed by atoms with Crippen LogP contribution in [0.25, 0.3) is 0 Å². The third-order valence-electron chi connectivity index (χ3n) is 3.98. The van der Waals surface area contributed by atoms with Gasteiger partial charge in [-0.3, -0.25) is 4.79 Å². The van der Waals surface area contributed by atoms with Crippen LogP contribution in [0.3, 0.4) is 0 Å². The van der Waals surface area contributed by atoms with Crippen molar-refractivity contribution in [3.63, 3.8) is 0 Å². The molecule has 1 aromatic rings. The molecule has 0 aromatic heterocycles. The Balaban J connectivity index is 1.87. The Hall–Kier alpha value is -1.35. The molecule has 0 radical (unpaired) electrons. The highest BCUT2D eigenvalue weighted by molar-refractivity contribution is 5.92. The lowest BCUT2D eigenvalue weighted by molar-refractivity contribution is -0.120. The van der Waals surface area contributed by atoms with Gasteiger partial charge in [0.05, 0.1) is 5.92 Å². The van der Waals surface area contributed by atoms with Gasteiger partial charge in [0, 0.05) is 12.2 Å². The van der Waals surface area contributed by atoms with Crippen molar-refractivity contribution in [3.8, 4) is 0 Å². The molecule has 0 spiro atoms. The van der Waals surface area contributed by atoms with Crippen LogP contribution in [-0.4, -0.2) is 19.0 Å². The smallest absolute Gasteiger partial charge is 0.228 e. The number of carbonyl (C=O) groups is 1. The van der Waals surface area contributed by atoms with Crippen molar-refractivity contribution in [2.75, 3.05) is 18.4 Å². The number of amides is 1. The van der Waals surface area contributed by atoms with Crippen LogP contribution >= 0.6 is 0 Å². The van der Waals surface area contributed by atoms with Crippen LogP contribution in [0.5, 0.6) is 0 Å². The van der Waals surface area contributed by atoms with Crippen molar-refractivity contribution in [3.05, 3.63) is 29.8 Å². The number of hydrogen-bond donors (Lipinski definition) is 2. The average molecular weight is 274 g/mol. The summed E-state index contributed by atoms with van der Waals surface area (Å²) in [5.74, 6) is 0.819. The molecule has 1 aliphatic heterocycles. The molecule has 2 N–H and O–H groups in total. The molecule has 1 saturated heterocycles. The van der Waals surface area contributed by atoms with Crippen LogP contribution in [0.15, 0.2) is 24.3 Å². The van der Waals surface area contributed by atoms with Crippen molar-refractivity contribution < 1.29 is 4.79 Å². The third-order valence-corrected chi connectivity index (χ3v) is 3.98. The first-order chi connectivity index (χ1) is 9.69. The van der Waals surface area contributed by atoms with Crippen molar-refractivity contribution in [2.45, 2.75) is 39.5 Å². The van der Waals surface area contributed by atoms with E-state index in [1.54, 1.807) is 0 Å². The van der Waals surface area contributed by atoms with E-state index in [1.807, 2.05) is 12.1 Å². The van der Waals surface area contributed by atoms with Crippen molar-refractivity contribution in [1.29, 1.82) is 0 Å². The number of hydrogen-bond acceptors (Lipinski definition) is 2. The van der Waals surface area contributed by atoms with Gasteiger partial charge in [-0.25, -0.2) is 0 Å². The lowest BCUT2D eigenvalue weighted by atomic mass is 9.91. The number of benzene rings is 1. The first-order valence-corrected chi connectivity index (χ1v) is 7.79. The molecule has 1 amide bonds. The van der Waals surface area contributed by atoms with E-state index in [-0.39, 0.29) is 11.8 Å². The maximum Gasteiger partial charge on any atom is 0.228 e. The zero-order chi connectivity index (χ0) is 14.4. The van der Waals surface area contributed by atoms with E-state index in [9.17, 15) is 4.79 Å². The van der Waals surface area contributed by atoms with Crippen molar-refractivity contribution >= 4 is 11.6 Å². The number of aryl methyl sites for hydroxylation is 1. The van der Waals surface area contributed by atoms with Gasteiger partial charge in [0.25, 0.3) is 0 Å². The van der Waals surface area contributed by atoms with Gasteiger partial charge < -0.3 is 10.6 Å². The Bertz CT molecular complexity index is 427. The van der Waals surface area contributed by atoms with Gasteiger partial charge in [0.15, 0.2) is 0 Å². The van der Waals surface area contributed by atoms with E-state index in [0.717, 1.165) is 31.6 Å². The third kappa shape index (κ3) is 4.34. The summed E-state index contributed by atoms with van der Waals surface area (Å²) < 4.78 is 0. The summed E-state index contributed by atoms with van der Waals surface area (Å²) in [5, 5.41) is 6.36. The van der Waals surface area contributed by atoms with Crippen LogP contribution in [0, 0.1) is 11.8 Å². The quantitative estimate of drug-likeness (QED) is 0.865. The van der Waals surface area contributed by atoms with Crippen molar-refractivity contribution in [2.24, 2.45) is 11.8 Å². The van der Waals surface area contributed by atoms with Crippen LogP contribution in [-0.2, 0) is 11.2 Å². The highest BCUT2D eigenvalue weighted by Gasteiger charge is 2.24. The lowest BCUT2D eigenvalue weighted by Crippen LogP contribution is -2.40. The van der Waals surface area contributed by atoms with E-state index >= 15 is 0 Å². The Morgan fingerprint density at radius 3 is 2.70 bits per heavy atom. The lowest BCUT2D eigenvalue weighted by Gasteiger charge is -2.26. The minimum absolute atomic E-state index is 0.0958. The molecule has 1 fully saturated rings. The zero-order valence-corrected chi connectivity index (χ0v) is 12.6. The SMILES string of the molecule is CCCCc1ccc(NC(=O)C2CNCC(C)C2)cc1. The van der Waals surface area contributed by atoms with Gasteiger partial charge in [-0.2, -0.15) is 0 Å². The summed E-state index contributed by atoms with van der Waals surface area (Å²) in [7, 11) is 0. The fourth-order valence-corrected chi connectivity index (χ4v) is 2.74. The fourth-order valence-electron chi connectivity index (χ4n) is 2.74. The monoisotopic (exact) mass is 274 g/mol. The minimum Gasteiger partial charge on any atom is -0.326 e. The van der Waals surface area contributed by atoms with Gasteiger partial charge in [0.1, 0.15) is 0 Å². The summed E-state index contributed by atoms with van der Waals surface area (Å²) >= 11 is 0.